The molecule has 3 aliphatic heterocycles. The molecule has 0 saturated carbocycles. The summed E-state index contributed by atoms with van der Waals surface area (Å²) in [6, 6.07) is 13.4. The highest BCUT2D eigenvalue weighted by Gasteiger charge is 2.40. The molecule has 2 aromatic carbocycles. The van der Waals surface area contributed by atoms with Crippen molar-refractivity contribution in [2.24, 2.45) is 0 Å². The Bertz CT molecular complexity index is 1140. The molecule has 2 aromatic rings. The van der Waals surface area contributed by atoms with Crippen LogP contribution in [0.2, 0.25) is 0 Å². The van der Waals surface area contributed by atoms with Gasteiger partial charge in [-0.25, -0.2) is 0 Å². The lowest BCUT2D eigenvalue weighted by Gasteiger charge is -2.45. The number of carbonyl (C=O) groups excluding carboxylic acids is 3. The fourth-order valence-corrected chi connectivity index (χ4v) is 5.47. The Balaban J connectivity index is 1.36. The molecule has 3 aliphatic rings. The van der Waals surface area contributed by atoms with Crippen molar-refractivity contribution in [3.63, 3.8) is 0 Å². The van der Waals surface area contributed by atoms with Gasteiger partial charge in [-0.1, -0.05) is 12.1 Å². The highest BCUT2D eigenvalue weighted by atomic mass is 16.2. The van der Waals surface area contributed by atoms with Crippen LogP contribution in [0.25, 0.3) is 0 Å². The van der Waals surface area contributed by atoms with E-state index >= 15 is 0 Å². The molecule has 1 atom stereocenters. The van der Waals surface area contributed by atoms with Crippen molar-refractivity contribution in [2.75, 3.05) is 55.0 Å². The number of likely N-dealkylation sites (tertiary alicyclic amines) is 1. The van der Waals surface area contributed by atoms with Gasteiger partial charge in [-0.15, -0.1) is 0 Å². The van der Waals surface area contributed by atoms with E-state index in [1.165, 1.54) is 0 Å². The first-order valence-electron chi connectivity index (χ1n) is 13.0. The second-order valence-electron chi connectivity index (χ2n) is 10.2. The largest absolute Gasteiger partial charge is 0.378 e. The van der Waals surface area contributed by atoms with Crippen LogP contribution in [0.5, 0.6) is 0 Å². The van der Waals surface area contributed by atoms with Gasteiger partial charge in [0.1, 0.15) is 12.6 Å². The van der Waals surface area contributed by atoms with E-state index in [1.54, 1.807) is 4.90 Å². The topological polar surface area (TPSA) is 76.2 Å². The number of amides is 3. The van der Waals surface area contributed by atoms with Gasteiger partial charge in [-0.2, -0.15) is 0 Å². The van der Waals surface area contributed by atoms with E-state index in [4.69, 9.17) is 0 Å². The van der Waals surface area contributed by atoms with Crippen molar-refractivity contribution in [3.05, 3.63) is 53.6 Å². The van der Waals surface area contributed by atoms with Gasteiger partial charge in [0.2, 0.25) is 11.8 Å². The van der Waals surface area contributed by atoms with E-state index in [2.05, 4.69) is 10.2 Å². The predicted molar refractivity (Wildman–Crippen MR) is 142 cm³/mol. The molecule has 8 heteroatoms. The molecule has 2 fully saturated rings. The summed E-state index contributed by atoms with van der Waals surface area (Å²) in [5, 5.41) is 2.97. The third kappa shape index (κ3) is 4.76. The minimum atomic E-state index is -0.252. The molecule has 0 aromatic heterocycles. The Hall–Kier alpha value is -3.55. The zero-order chi connectivity index (χ0) is 25.2. The summed E-state index contributed by atoms with van der Waals surface area (Å²) in [7, 11) is 3.98. The third-order valence-electron chi connectivity index (χ3n) is 7.51. The number of hydrogen-bond donors (Lipinski definition) is 1. The Labute approximate surface area is 212 Å². The van der Waals surface area contributed by atoms with Gasteiger partial charge in [0.25, 0.3) is 5.91 Å². The van der Waals surface area contributed by atoms with Crippen molar-refractivity contribution in [2.45, 2.75) is 44.7 Å². The molecular weight excluding hydrogens is 454 g/mol. The van der Waals surface area contributed by atoms with Gasteiger partial charge in [0.15, 0.2) is 0 Å². The van der Waals surface area contributed by atoms with Crippen LogP contribution in [0, 0.1) is 0 Å². The molecule has 0 spiro atoms. The first-order chi connectivity index (χ1) is 17.4. The van der Waals surface area contributed by atoms with Crippen molar-refractivity contribution >= 4 is 34.8 Å². The summed E-state index contributed by atoms with van der Waals surface area (Å²) in [5.74, 6) is -0.279. The SMILES string of the molecule is CN(C)c1ccc(CNC(=O)CN2C(=O)[C@@H]3CCCCN3c3ccc(C(=O)N4CCCC4)cc32)cc1. The lowest BCUT2D eigenvalue weighted by molar-refractivity contribution is -0.125. The van der Waals surface area contributed by atoms with Crippen LogP contribution >= 0.6 is 0 Å². The summed E-state index contributed by atoms with van der Waals surface area (Å²) in [6.45, 7) is 2.68. The fraction of sp³-hybridized carbons (Fsp3) is 0.464. The minimum absolute atomic E-state index is 0.00547. The van der Waals surface area contributed by atoms with Crippen LogP contribution < -0.4 is 20.0 Å². The molecule has 0 bridgehead atoms. The zero-order valence-corrected chi connectivity index (χ0v) is 21.2. The van der Waals surface area contributed by atoms with E-state index in [1.807, 2.05) is 66.4 Å². The minimum Gasteiger partial charge on any atom is -0.378 e. The van der Waals surface area contributed by atoms with Crippen molar-refractivity contribution in [1.29, 1.82) is 0 Å². The van der Waals surface area contributed by atoms with E-state index in [9.17, 15) is 14.4 Å². The smallest absolute Gasteiger partial charge is 0.253 e. The number of fused-ring (bicyclic) bond motifs is 3. The lowest BCUT2D eigenvalue weighted by atomic mass is 9.95. The van der Waals surface area contributed by atoms with E-state index in [0.29, 0.717) is 17.8 Å². The Morgan fingerprint density at radius 1 is 0.944 bits per heavy atom. The first kappa shape index (κ1) is 24.2. The van der Waals surface area contributed by atoms with Crippen molar-refractivity contribution < 1.29 is 14.4 Å². The van der Waals surface area contributed by atoms with Gasteiger partial charge in [0.05, 0.1) is 11.4 Å². The summed E-state index contributed by atoms with van der Waals surface area (Å²) < 4.78 is 0. The zero-order valence-electron chi connectivity index (χ0n) is 21.2. The quantitative estimate of drug-likeness (QED) is 0.675. The van der Waals surface area contributed by atoms with E-state index in [-0.39, 0.29) is 30.3 Å². The van der Waals surface area contributed by atoms with Crippen LogP contribution in [0.4, 0.5) is 17.1 Å². The number of carbonyl (C=O) groups is 3. The van der Waals surface area contributed by atoms with Crippen molar-refractivity contribution in [1.82, 2.24) is 10.2 Å². The van der Waals surface area contributed by atoms with Gasteiger partial charge in [-0.05, 0) is 68.0 Å². The summed E-state index contributed by atoms with van der Waals surface area (Å²) in [5.41, 5.74) is 4.26. The molecule has 3 amide bonds. The molecule has 36 heavy (non-hydrogen) atoms. The van der Waals surface area contributed by atoms with E-state index in [0.717, 1.165) is 68.7 Å². The average molecular weight is 490 g/mol. The molecule has 5 rings (SSSR count). The highest BCUT2D eigenvalue weighted by Crippen LogP contribution is 2.40. The first-order valence-corrected chi connectivity index (χ1v) is 13.0. The molecule has 2 saturated heterocycles. The van der Waals surface area contributed by atoms with Crippen LogP contribution in [0.15, 0.2) is 42.5 Å². The Kier molecular flexibility index (Phi) is 6.85. The maximum atomic E-state index is 13.6. The fourth-order valence-electron chi connectivity index (χ4n) is 5.47. The standard InChI is InChI=1S/C28H35N5O3/c1-30(2)22-11-8-20(9-12-22)18-29-26(34)19-33-25-17-21(27(35)31-14-5-6-15-31)10-13-23(25)32-16-4-3-7-24(32)28(33)36/h8-13,17,24H,3-7,14-16,18-19H2,1-2H3,(H,29,34)/t24-/m0/s1. The van der Waals surface area contributed by atoms with Gasteiger partial charge in [0, 0.05) is 51.5 Å². The third-order valence-corrected chi connectivity index (χ3v) is 7.51. The molecule has 8 nitrogen and oxygen atoms in total. The van der Waals surface area contributed by atoms with E-state index < -0.39 is 0 Å². The number of hydrogen-bond acceptors (Lipinski definition) is 5. The molecule has 1 N–H and O–H groups in total. The molecule has 0 aliphatic carbocycles. The average Bonchev–Trinajstić information content (AvgIpc) is 3.44. The molecule has 0 radical (unpaired) electrons. The summed E-state index contributed by atoms with van der Waals surface area (Å²) in [6.07, 6.45) is 4.86. The molecular formula is C28H35N5O3. The number of piperidine rings is 1. The predicted octanol–water partition coefficient (Wildman–Crippen LogP) is 3.01. The summed E-state index contributed by atoms with van der Waals surface area (Å²) >= 11 is 0. The normalized spacial score (nSPS) is 19.1. The Morgan fingerprint density at radius 2 is 1.67 bits per heavy atom. The number of nitrogens with zero attached hydrogens (tertiary/aromatic N) is 4. The second-order valence-corrected chi connectivity index (χ2v) is 10.2. The van der Waals surface area contributed by atoms with Crippen LogP contribution in [-0.2, 0) is 16.1 Å². The van der Waals surface area contributed by atoms with Gasteiger partial charge < -0.3 is 20.0 Å². The Morgan fingerprint density at radius 3 is 2.39 bits per heavy atom. The van der Waals surface area contributed by atoms with Crippen molar-refractivity contribution in [3.8, 4) is 0 Å². The lowest BCUT2D eigenvalue weighted by Crippen LogP contribution is -2.57. The number of rotatable bonds is 6. The second kappa shape index (κ2) is 10.2. The van der Waals surface area contributed by atoms with Crippen LogP contribution in [-0.4, -0.2) is 68.9 Å². The number of nitrogens with one attached hydrogen (secondary N) is 1. The maximum Gasteiger partial charge on any atom is 0.253 e. The monoisotopic (exact) mass is 489 g/mol. The molecule has 190 valence electrons. The van der Waals surface area contributed by atoms with Gasteiger partial charge in [-0.3, -0.25) is 19.3 Å². The highest BCUT2D eigenvalue weighted by molar-refractivity contribution is 6.09. The van der Waals surface area contributed by atoms with Crippen LogP contribution in [0.3, 0.4) is 0 Å². The van der Waals surface area contributed by atoms with Crippen LogP contribution in [0.1, 0.15) is 48.0 Å². The summed E-state index contributed by atoms with van der Waals surface area (Å²) in [4.78, 5) is 47.3. The molecule has 3 heterocycles. The maximum absolute atomic E-state index is 13.6. The van der Waals surface area contributed by atoms with Gasteiger partial charge >= 0.3 is 0 Å². The molecule has 0 unspecified atom stereocenters. The number of anilines is 3. The number of benzene rings is 2.